The van der Waals surface area contributed by atoms with Gasteiger partial charge < -0.3 is 10.2 Å². The van der Waals surface area contributed by atoms with Crippen LogP contribution in [0.1, 0.15) is 34.1 Å². The maximum atomic E-state index is 11.7. The molecule has 0 spiro atoms. The molecule has 4 heteroatoms. The third-order valence-corrected chi connectivity index (χ3v) is 5.69. The van der Waals surface area contributed by atoms with Crippen LogP contribution in [-0.2, 0) is 9.59 Å². The molecule has 2 aliphatic carbocycles. The first-order chi connectivity index (χ1) is 7.55. The van der Waals surface area contributed by atoms with Gasteiger partial charge >= 0.3 is 11.9 Å². The number of hydrogen-bond donors (Lipinski definition) is 2. The van der Waals surface area contributed by atoms with E-state index in [1.165, 1.54) is 0 Å². The molecule has 0 aliphatic heterocycles. The van der Waals surface area contributed by atoms with Crippen molar-refractivity contribution in [2.24, 2.45) is 21.7 Å². The number of allylic oxidation sites excluding steroid dienone is 2. The van der Waals surface area contributed by atoms with Crippen molar-refractivity contribution in [2.45, 2.75) is 34.1 Å². The lowest BCUT2D eigenvalue weighted by molar-refractivity contribution is -0.179. The number of carboxylic acids is 2. The van der Waals surface area contributed by atoms with Crippen LogP contribution in [-0.4, -0.2) is 22.2 Å². The molecule has 2 bridgehead atoms. The molecule has 0 heterocycles. The SMILES string of the molecule is CC12C=CC(C)(C1)C(C)(C(=O)O)C2(C)C(=O)O. The van der Waals surface area contributed by atoms with E-state index >= 15 is 0 Å². The van der Waals surface area contributed by atoms with Crippen molar-refractivity contribution in [3.63, 3.8) is 0 Å². The molecule has 2 N–H and O–H groups in total. The summed E-state index contributed by atoms with van der Waals surface area (Å²) in [7, 11) is 0. The molecule has 4 nitrogen and oxygen atoms in total. The lowest BCUT2D eigenvalue weighted by atomic mass is 9.52. The van der Waals surface area contributed by atoms with Crippen LogP contribution in [0, 0.1) is 21.7 Å². The van der Waals surface area contributed by atoms with Crippen molar-refractivity contribution in [3.8, 4) is 0 Å². The first kappa shape index (κ1) is 12.1. The zero-order valence-electron chi connectivity index (χ0n) is 10.6. The Morgan fingerprint density at radius 1 is 0.882 bits per heavy atom. The summed E-state index contributed by atoms with van der Waals surface area (Å²) in [6.45, 7) is 6.82. The highest BCUT2D eigenvalue weighted by Crippen LogP contribution is 2.75. The highest BCUT2D eigenvalue weighted by molar-refractivity contribution is 5.90. The van der Waals surface area contributed by atoms with Crippen molar-refractivity contribution >= 4 is 11.9 Å². The van der Waals surface area contributed by atoms with Gasteiger partial charge in [-0.2, -0.15) is 0 Å². The van der Waals surface area contributed by atoms with Gasteiger partial charge in [0.05, 0.1) is 10.8 Å². The van der Waals surface area contributed by atoms with Crippen LogP contribution in [0.25, 0.3) is 0 Å². The Morgan fingerprint density at radius 3 is 1.41 bits per heavy atom. The minimum absolute atomic E-state index is 0.575. The number of carbonyl (C=O) groups is 2. The predicted molar refractivity (Wildman–Crippen MR) is 61.5 cm³/mol. The third-order valence-electron chi connectivity index (χ3n) is 5.69. The van der Waals surface area contributed by atoms with Gasteiger partial charge in [-0.25, -0.2) is 0 Å². The Labute approximate surface area is 100 Å². The molecule has 0 saturated heterocycles. The molecule has 0 aromatic rings. The van der Waals surface area contributed by atoms with Crippen molar-refractivity contribution in [3.05, 3.63) is 12.2 Å². The van der Waals surface area contributed by atoms with E-state index in [1.54, 1.807) is 13.8 Å². The lowest BCUT2D eigenvalue weighted by Gasteiger charge is -2.48. The minimum atomic E-state index is -1.28. The summed E-state index contributed by atoms with van der Waals surface area (Å²) in [5.41, 5.74) is -3.76. The molecule has 1 fully saturated rings. The fraction of sp³-hybridized carbons (Fsp3) is 0.692. The molecule has 0 amide bonds. The third kappa shape index (κ3) is 0.919. The second-order valence-electron chi connectivity index (χ2n) is 6.21. The van der Waals surface area contributed by atoms with Gasteiger partial charge in [0.1, 0.15) is 0 Å². The Bertz CT molecular complexity index is 414. The van der Waals surface area contributed by atoms with E-state index in [1.807, 2.05) is 26.0 Å². The molecular formula is C13H18O4. The molecule has 2 rings (SSSR count). The van der Waals surface area contributed by atoms with E-state index in [0.717, 1.165) is 0 Å². The minimum Gasteiger partial charge on any atom is -0.481 e. The summed E-state index contributed by atoms with van der Waals surface area (Å²) in [5.74, 6) is -2.06. The van der Waals surface area contributed by atoms with Crippen LogP contribution in [0.5, 0.6) is 0 Å². The van der Waals surface area contributed by atoms with Gasteiger partial charge in [-0.1, -0.05) is 26.0 Å². The Balaban J connectivity index is 2.78. The average molecular weight is 238 g/mol. The molecule has 4 atom stereocenters. The lowest BCUT2D eigenvalue weighted by Crippen LogP contribution is -2.56. The zero-order chi connectivity index (χ0) is 13.3. The normalized spacial score (nSPS) is 51.8. The topological polar surface area (TPSA) is 74.6 Å². The summed E-state index contributed by atoms with van der Waals surface area (Å²) < 4.78 is 0. The van der Waals surface area contributed by atoms with Crippen LogP contribution < -0.4 is 0 Å². The van der Waals surface area contributed by atoms with Gasteiger partial charge in [0, 0.05) is 10.8 Å². The number of hydrogen-bond acceptors (Lipinski definition) is 2. The Kier molecular flexibility index (Phi) is 1.96. The van der Waals surface area contributed by atoms with Gasteiger partial charge in [0.25, 0.3) is 0 Å². The average Bonchev–Trinajstić information content (AvgIpc) is 2.59. The molecule has 0 aromatic carbocycles. The van der Waals surface area contributed by atoms with Gasteiger partial charge in [0.15, 0.2) is 0 Å². The standard InChI is InChI=1S/C13H18O4/c1-10-5-6-11(2,7-10)13(4,9(16)17)12(10,3)8(14)15/h5-6H,7H2,1-4H3,(H,14,15)(H,16,17). The maximum Gasteiger partial charge on any atom is 0.311 e. The first-order valence-corrected chi connectivity index (χ1v) is 5.72. The van der Waals surface area contributed by atoms with E-state index in [4.69, 9.17) is 0 Å². The van der Waals surface area contributed by atoms with Crippen molar-refractivity contribution in [1.29, 1.82) is 0 Å². The van der Waals surface area contributed by atoms with E-state index < -0.39 is 33.6 Å². The number of rotatable bonds is 2. The molecule has 1 saturated carbocycles. The molecule has 17 heavy (non-hydrogen) atoms. The second-order valence-corrected chi connectivity index (χ2v) is 6.21. The van der Waals surface area contributed by atoms with Crippen molar-refractivity contribution in [2.75, 3.05) is 0 Å². The highest BCUT2D eigenvalue weighted by Gasteiger charge is 2.77. The fourth-order valence-electron chi connectivity index (χ4n) is 3.99. The van der Waals surface area contributed by atoms with Crippen LogP contribution in [0.2, 0.25) is 0 Å². The van der Waals surface area contributed by atoms with Crippen LogP contribution in [0.15, 0.2) is 12.2 Å². The quantitative estimate of drug-likeness (QED) is 0.723. The van der Waals surface area contributed by atoms with Gasteiger partial charge in [-0.15, -0.1) is 0 Å². The zero-order valence-corrected chi connectivity index (χ0v) is 10.6. The number of aliphatic carboxylic acids is 2. The first-order valence-electron chi connectivity index (χ1n) is 5.72. The summed E-state index contributed by atoms with van der Waals surface area (Å²) in [6.07, 6.45) is 4.34. The van der Waals surface area contributed by atoms with E-state index in [0.29, 0.717) is 6.42 Å². The summed E-state index contributed by atoms with van der Waals surface area (Å²) in [6, 6.07) is 0. The largest absolute Gasteiger partial charge is 0.481 e. The van der Waals surface area contributed by atoms with Gasteiger partial charge in [0.2, 0.25) is 0 Å². The molecule has 94 valence electrons. The smallest absolute Gasteiger partial charge is 0.311 e. The Hall–Kier alpha value is -1.32. The molecule has 4 unspecified atom stereocenters. The summed E-state index contributed by atoms with van der Waals surface area (Å²) in [4.78, 5) is 23.4. The Morgan fingerprint density at radius 2 is 1.18 bits per heavy atom. The highest BCUT2D eigenvalue weighted by atomic mass is 16.4. The van der Waals surface area contributed by atoms with Crippen molar-refractivity contribution in [1.82, 2.24) is 0 Å². The molecule has 0 aromatic heterocycles. The number of fused-ring (bicyclic) bond motifs is 2. The predicted octanol–water partition coefficient (Wildman–Crippen LogP) is 2.15. The van der Waals surface area contributed by atoms with Crippen LogP contribution >= 0.6 is 0 Å². The molecular weight excluding hydrogens is 220 g/mol. The fourth-order valence-corrected chi connectivity index (χ4v) is 3.99. The number of carboxylic acid groups (broad SMARTS) is 2. The van der Waals surface area contributed by atoms with Crippen LogP contribution in [0.3, 0.4) is 0 Å². The van der Waals surface area contributed by atoms with E-state index in [2.05, 4.69) is 0 Å². The van der Waals surface area contributed by atoms with Crippen molar-refractivity contribution < 1.29 is 19.8 Å². The maximum absolute atomic E-state index is 11.7. The monoisotopic (exact) mass is 238 g/mol. The second kappa shape index (κ2) is 2.74. The summed E-state index contributed by atoms with van der Waals surface area (Å²) >= 11 is 0. The van der Waals surface area contributed by atoms with E-state index in [-0.39, 0.29) is 0 Å². The van der Waals surface area contributed by atoms with Gasteiger partial charge in [-0.3, -0.25) is 9.59 Å². The summed E-state index contributed by atoms with van der Waals surface area (Å²) in [5, 5.41) is 19.1. The van der Waals surface area contributed by atoms with Crippen LogP contribution in [0.4, 0.5) is 0 Å². The van der Waals surface area contributed by atoms with Gasteiger partial charge in [-0.05, 0) is 20.3 Å². The molecule has 2 aliphatic rings. The van der Waals surface area contributed by atoms with E-state index in [9.17, 15) is 19.8 Å². The molecule has 0 radical (unpaired) electrons.